The number of nitrogens with zero attached hydrogens (tertiary/aromatic N) is 2. The molecule has 0 aliphatic carbocycles. The molecule has 174 valence electrons. The molecule has 3 aromatic rings. The Hall–Kier alpha value is -2.84. The fraction of sp³-hybridized carbons (Fsp3) is 0.440. The van der Waals surface area contributed by atoms with Gasteiger partial charge < -0.3 is 10.1 Å². The highest BCUT2D eigenvalue weighted by atomic mass is 19.2. The Morgan fingerprint density at radius 1 is 1.12 bits per heavy atom. The van der Waals surface area contributed by atoms with E-state index in [0.717, 1.165) is 44.3 Å². The lowest BCUT2D eigenvalue weighted by Crippen LogP contribution is -2.39. The lowest BCUT2D eigenvalue weighted by molar-refractivity contribution is 0.0695. The minimum absolute atomic E-state index is 0.0409. The van der Waals surface area contributed by atoms with Crippen molar-refractivity contribution < 1.29 is 18.3 Å². The van der Waals surface area contributed by atoms with Crippen LogP contribution in [-0.2, 0) is 11.3 Å². The first-order chi connectivity index (χ1) is 16.1. The zero-order valence-corrected chi connectivity index (χ0v) is 18.5. The summed E-state index contributed by atoms with van der Waals surface area (Å²) < 4.78 is 34.7. The SMILES string of the molecule is O=C(NC1CCOCC1)c1n[nH]c2ccc(-c3cc(CN4CCCCC4)cc(F)c3F)cc12. The summed E-state index contributed by atoms with van der Waals surface area (Å²) in [7, 11) is 0. The van der Waals surface area contributed by atoms with Gasteiger partial charge in [0.2, 0.25) is 0 Å². The number of amides is 1. The van der Waals surface area contributed by atoms with Crippen molar-refractivity contribution in [1.29, 1.82) is 0 Å². The molecule has 2 N–H and O–H groups in total. The topological polar surface area (TPSA) is 70.2 Å². The fourth-order valence-electron chi connectivity index (χ4n) is 4.77. The van der Waals surface area contributed by atoms with Crippen LogP contribution < -0.4 is 5.32 Å². The number of benzene rings is 2. The normalized spacial score (nSPS) is 18.0. The maximum absolute atomic E-state index is 14.8. The molecule has 2 fully saturated rings. The molecule has 0 unspecified atom stereocenters. The van der Waals surface area contributed by atoms with Gasteiger partial charge in [-0.15, -0.1) is 0 Å². The van der Waals surface area contributed by atoms with Gasteiger partial charge >= 0.3 is 0 Å². The van der Waals surface area contributed by atoms with Crippen molar-refractivity contribution in [3.8, 4) is 11.1 Å². The molecule has 2 aliphatic rings. The molecule has 1 amide bonds. The summed E-state index contributed by atoms with van der Waals surface area (Å²) in [6.07, 6.45) is 4.99. The molecular weight excluding hydrogens is 426 g/mol. The highest BCUT2D eigenvalue weighted by molar-refractivity contribution is 6.05. The van der Waals surface area contributed by atoms with Crippen LogP contribution in [0.25, 0.3) is 22.0 Å². The van der Waals surface area contributed by atoms with E-state index < -0.39 is 11.6 Å². The van der Waals surface area contributed by atoms with Crippen LogP contribution in [0.1, 0.15) is 48.2 Å². The van der Waals surface area contributed by atoms with E-state index in [1.54, 1.807) is 24.3 Å². The lowest BCUT2D eigenvalue weighted by atomic mass is 9.99. The number of nitrogens with one attached hydrogen (secondary N) is 2. The third-order valence-corrected chi connectivity index (χ3v) is 6.59. The number of rotatable bonds is 5. The largest absolute Gasteiger partial charge is 0.381 e. The van der Waals surface area contributed by atoms with Crippen molar-refractivity contribution in [1.82, 2.24) is 20.4 Å². The van der Waals surface area contributed by atoms with Crippen molar-refractivity contribution in [2.45, 2.75) is 44.7 Å². The molecule has 0 spiro atoms. The third kappa shape index (κ3) is 4.77. The Labute approximate surface area is 191 Å². The smallest absolute Gasteiger partial charge is 0.272 e. The number of piperidine rings is 1. The highest BCUT2D eigenvalue weighted by Gasteiger charge is 2.22. The van der Waals surface area contributed by atoms with E-state index in [-0.39, 0.29) is 23.2 Å². The van der Waals surface area contributed by atoms with Gasteiger partial charge in [-0.2, -0.15) is 5.10 Å². The predicted octanol–water partition coefficient (Wildman–Crippen LogP) is 4.40. The van der Waals surface area contributed by atoms with E-state index in [0.29, 0.717) is 36.2 Å². The molecule has 2 saturated heterocycles. The van der Waals surface area contributed by atoms with Crippen LogP contribution in [0.4, 0.5) is 8.78 Å². The van der Waals surface area contributed by atoms with Crippen molar-refractivity contribution in [2.75, 3.05) is 26.3 Å². The minimum Gasteiger partial charge on any atom is -0.381 e. The summed E-state index contributed by atoms with van der Waals surface area (Å²) in [5.41, 5.74) is 2.38. The van der Waals surface area contributed by atoms with Gasteiger partial charge in [0, 0.05) is 36.8 Å². The van der Waals surface area contributed by atoms with Gasteiger partial charge in [-0.1, -0.05) is 12.5 Å². The predicted molar refractivity (Wildman–Crippen MR) is 122 cm³/mol. The summed E-state index contributed by atoms with van der Waals surface area (Å²) in [5, 5.41) is 10.6. The molecule has 33 heavy (non-hydrogen) atoms. The Kier molecular flexibility index (Phi) is 6.37. The average Bonchev–Trinajstić information content (AvgIpc) is 3.26. The average molecular weight is 455 g/mol. The molecule has 0 saturated carbocycles. The first kappa shape index (κ1) is 22.0. The van der Waals surface area contributed by atoms with E-state index in [1.165, 1.54) is 12.5 Å². The molecule has 1 aromatic heterocycles. The van der Waals surface area contributed by atoms with E-state index in [1.807, 2.05) is 0 Å². The Morgan fingerprint density at radius 3 is 2.70 bits per heavy atom. The van der Waals surface area contributed by atoms with Crippen LogP contribution in [0, 0.1) is 11.6 Å². The Morgan fingerprint density at radius 2 is 1.91 bits per heavy atom. The van der Waals surface area contributed by atoms with E-state index >= 15 is 0 Å². The number of fused-ring (bicyclic) bond motifs is 1. The molecule has 2 aromatic carbocycles. The Bertz CT molecular complexity index is 1150. The number of hydrogen-bond acceptors (Lipinski definition) is 4. The van der Waals surface area contributed by atoms with Crippen LogP contribution in [-0.4, -0.2) is 53.3 Å². The summed E-state index contributed by atoms with van der Waals surface area (Å²) in [5.74, 6) is -2.02. The number of halogens is 2. The number of ether oxygens (including phenoxy) is 1. The van der Waals surface area contributed by atoms with E-state index in [9.17, 15) is 13.6 Å². The molecule has 5 rings (SSSR count). The molecule has 0 atom stereocenters. The second-order valence-corrected chi connectivity index (χ2v) is 8.97. The monoisotopic (exact) mass is 454 g/mol. The second kappa shape index (κ2) is 9.57. The van der Waals surface area contributed by atoms with Gasteiger partial charge in [-0.3, -0.25) is 14.8 Å². The number of likely N-dealkylation sites (tertiary alicyclic amines) is 1. The van der Waals surface area contributed by atoms with E-state index in [4.69, 9.17) is 4.74 Å². The number of aromatic nitrogens is 2. The maximum atomic E-state index is 14.8. The van der Waals surface area contributed by atoms with Crippen molar-refractivity contribution in [3.05, 3.63) is 53.2 Å². The molecule has 0 bridgehead atoms. The molecule has 0 radical (unpaired) electrons. The quantitative estimate of drug-likeness (QED) is 0.600. The summed E-state index contributed by atoms with van der Waals surface area (Å²) in [6.45, 7) is 3.78. The number of carbonyl (C=O) groups is 1. The van der Waals surface area contributed by atoms with Gasteiger partial charge in [-0.25, -0.2) is 8.78 Å². The second-order valence-electron chi connectivity index (χ2n) is 8.97. The molecule has 2 aliphatic heterocycles. The van der Waals surface area contributed by atoms with Gasteiger partial charge in [0.05, 0.1) is 5.52 Å². The number of hydrogen-bond donors (Lipinski definition) is 2. The summed E-state index contributed by atoms with van der Waals surface area (Å²) in [4.78, 5) is 15.1. The van der Waals surface area contributed by atoms with Crippen LogP contribution >= 0.6 is 0 Å². The first-order valence-electron chi connectivity index (χ1n) is 11.7. The van der Waals surface area contributed by atoms with Gasteiger partial charge in [0.15, 0.2) is 17.3 Å². The van der Waals surface area contributed by atoms with Crippen LogP contribution in [0.3, 0.4) is 0 Å². The van der Waals surface area contributed by atoms with Crippen molar-refractivity contribution in [3.63, 3.8) is 0 Å². The first-order valence-corrected chi connectivity index (χ1v) is 11.7. The zero-order valence-electron chi connectivity index (χ0n) is 18.5. The van der Waals surface area contributed by atoms with Crippen LogP contribution in [0.2, 0.25) is 0 Å². The van der Waals surface area contributed by atoms with Gasteiger partial charge in [0.25, 0.3) is 5.91 Å². The van der Waals surface area contributed by atoms with Crippen molar-refractivity contribution in [2.24, 2.45) is 0 Å². The lowest BCUT2D eigenvalue weighted by Gasteiger charge is -2.26. The van der Waals surface area contributed by atoms with Gasteiger partial charge in [0.1, 0.15) is 0 Å². The third-order valence-electron chi connectivity index (χ3n) is 6.59. The number of carbonyl (C=O) groups excluding carboxylic acids is 1. The van der Waals surface area contributed by atoms with Gasteiger partial charge in [-0.05, 0) is 74.2 Å². The molecule has 8 heteroatoms. The molecular formula is C25H28F2N4O2. The van der Waals surface area contributed by atoms with Crippen LogP contribution in [0.15, 0.2) is 30.3 Å². The zero-order chi connectivity index (χ0) is 22.8. The van der Waals surface area contributed by atoms with Crippen LogP contribution in [0.5, 0.6) is 0 Å². The fourth-order valence-corrected chi connectivity index (χ4v) is 4.77. The Balaban J connectivity index is 1.44. The minimum atomic E-state index is -0.881. The molecule has 3 heterocycles. The summed E-state index contributed by atoms with van der Waals surface area (Å²) in [6, 6.07) is 8.23. The summed E-state index contributed by atoms with van der Waals surface area (Å²) >= 11 is 0. The van der Waals surface area contributed by atoms with E-state index in [2.05, 4.69) is 20.4 Å². The number of H-pyrrole nitrogens is 1. The maximum Gasteiger partial charge on any atom is 0.272 e. The highest BCUT2D eigenvalue weighted by Crippen LogP contribution is 2.30. The standard InChI is InChI=1S/C25H28F2N4O2/c26-21-13-16(15-31-8-2-1-3-9-31)12-19(23(21)27)17-4-5-22-20(14-17)24(30-29-22)25(32)28-18-6-10-33-11-7-18/h4-5,12-14,18H,1-3,6-11,15H2,(H,28,32)(H,29,30). The number of aromatic amines is 1. The molecule has 6 nitrogen and oxygen atoms in total. The van der Waals surface area contributed by atoms with Crippen molar-refractivity contribution >= 4 is 16.8 Å².